The summed E-state index contributed by atoms with van der Waals surface area (Å²) in [7, 11) is 1.64. The predicted molar refractivity (Wildman–Crippen MR) is 58.9 cm³/mol. The summed E-state index contributed by atoms with van der Waals surface area (Å²) in [6.07, 6.45) is 0.763. The Hall–Kier alpha value is -1.06. The van der Waals surface area contributed by atoms with Crippen LogP contribution in [-0.2, 0) is 11.3 Å². The topological polar surface area (TPSA) is 38.7 Å². The maximum atomic E-state index is 8.94. The van der Waals surface area contributed by atoms with Crippen molar-refractivity contribution < 1.29 is 14.6 Å². The van der Waals surface area contributed by atoms with Crippen LogP contribution in [-0.4, -0.2) is 24.9 Å². The number of benzene rings is 1. The van der Waals surface area contributed by atoms with Gasteiger partial charge >= 0.3 is 0 Å². The van der Waals surface area contributed by atoms with E-state index in [0.717, 1.165) is 17.7 Å². The number of aliphatic hydroxyl groups is 1. The quantitative estimate of drug-likeness (QED) is 0.780. The second-order valence-electron chi connectivity index (χ2n) is 3.37. The summed E-state index contributed by atoms with van der Waals surface area (Å²) < 4.78 is 10.6. The van der Waals surface area contributed by atoms with Gasteiger partial charge < -0.3 is 14.6 Å². The molecule has 3 nitrogen and oxygen atoms in total. The summed E-state index contributed by atoms with van der Waals surface area (Å²) >= 11 is 0. The lowest BCUT2D eigenvalue weighted by Crippen LogP contribution is -2.16. The molecule has 1 N–H and O–H groups in total. The Balaban J connectivity index is 2.43. The lowest BCUT2D eigenvalue weighted by atomic mass is 10.2. The Morgan fingerprint density at radius 2 is 1.93 bits per heavy atom. The molecule has 0 radical (unpaired) electrons. The Morgan fingerprint density at radius 1 is 1.27 bits per heavy atom. The summed E-state index contributed by atoms with van der Waals surface area (Å²) in [6, 6.07) is 7.73. The molecule has 0 aromatic heterocycles. The molecule has 0 aliphatic heterocycles. The zero-order valence-electron chi connectivity index (χ0n) is 9.27. The Kier molecular flexibility index (Phi) is 5.15. The molecule has 0 aliphatic carbocycles. The van der Waals surface area contributed by atoms with Crippen LogP contribution >= 0.6 is 0 Å². The average Bonchev–Trinajstić information content (AvgIpc) is 2.31. The van der Waals surface area contributed by atoms with Crippen molar-refractivity contribution in [1.82, 2.24) is 0 Å². The number of hydrogen-bond acceptors (Lipinski definition) is 3. The van der Waals surface area contributed by atoms with E-state index in [-0.39, 0.29) is 12.7 Å². The molecule has 1 aromatic carbocycles. The monoisotopic (exact) mass is 210 g/mol. The second kappa shape index (κ2) is 6.43. The van der Waals surface area contributed by atoms with Crippen LogP contribution in [0.2, 0.25) is 0 Å². The molecule has 0 aliphatic rings. The molecule has 1 aromatic rings. The number of ether oxygens (including phenoxy) is 2. The average molecular weight is 210 g/mol. The fraction of sp³-hybridized carbons (Fsp3) is 0.500. The number of methoxy groups -OCH3 is 1. The van der Waals surface area contributed by atoms with Gasteiger partial charge in [0.25, 0.3) is 0 Å². The first kappa shape index (κ1) is 12.0. The Bertz CT molecular complexity index is 265. The van der Waals surface area contributed by atoms with Gasteiger partial charge in [-0.1, -0.05) is 19.1 Å². The fourth-order valence-corrected chi connectivity index (χ4v) is 1.24. The third-order valence-corrected chi connectivity index (χ3v) is 2.30. The summed E-state index contributed by atoms with van der Waals surface area (Å²) in [5, 5.41) is 8.94. The van der Waals surface area contributed by atoms with Crippen molar-refractivity contribution >= 4 is 0 Å². The minimum Gasteiger partial charge on any atom is -0.497 e. The van der Waals surface area contributed by atoms with Crippen LogP contribution in [0.3, 0.4) is 0 Å². The van der Waals surface area contributed by atoms with Gasteiger partial charge in [-0.3, -0.25) is 0 Å². The van der Waals surface area contributed by atoms with Crippen molar-refractivity contribution in [2.24, 2.45) is 0 Å². The molecular weight excluding hydrogens is 192 g/mol. The summed E-state index contributed by atoms with van der Waals surface area (Å²) in [5.74, 6) is 0.841. The Labute approximate surface area is 90.6 Å². The van der Waals surface area contributed by atoms with Gasteiger partial charge in [-0.2, -0.15) is 0 Å². The molecule has 0 bridgehead atoms. The summed E-state index contributed by atoms with van der Waals surface area (Å²) in [4.78, 5) is 0. The van der Waals surface area contributed by atoms with Crippen LogP contribution in [0, 0.1) is 0 Å². The van der Waals surface area contributed by atoms with Gasteiger partial charge in [-0.05, 0) is 24.1 Å². The van der Waals surface area contributed by atoms with Crippen molar-refractivity contribution in [3.05, 3.63) is 29.8 Å². The summed E-state index contributed by atoms with van der Waals surface area (Å²) in [6.45, 7) is 2.60. The highest BCUT2D eigenvalue weighted by molar-refractivity contribution is 5.26. The van der Waals surface area contributed by atoms with Crippen molar-refractivity contribution in [3.63, 3.8) is 0 Å². The zero-order chi connectivity index (χ0) is 11.1. The van der Waals surface area contributed by atoms with Crippen molar-refractivity contribution in [2.75, 3.05) is 13.7 Å². The van der Waals surface area contributed by atoms with Gasteiger partial charge in [0.2, 0.25) is 0 Å². The molecule has 84 valence electrons. The number of aliphatic hydroxyl groups excluding tert-OH is 1. The molecule has 15 heavy (non-hydrogen) atoms. The molecule has 0 saturated carbocycles. The first-order chi connectivity index (χ1) is 7.30. The molecule has 0 amide bonds. The molecule has 0 saturated heterocycles. The maximum Gasteiger partial charge on any atom is 0.118 e. The molecule has 1 atom stereocenters. The minimum atomic E-state index is -0.0629. The van der Waals surface area contributed by atoms with Crippen LogP contribution in [0.15, 0.2) is 24.3 Å². The van der Waals surface area contributed by atoms with Crippen LogP contribution in [0.4, 0.5) is 0 Å². The molecule has 1 unspecified atom stereocenters. The fourth-order valence-electron chi connectivity index (χ4n) is 1.24. The van der Waals surface area contributed by atoms with Crippen LogP contribution in [0.25, 0.3) is 0 Å². The number of hydrogen-bond donors (Lipinski definition) is 1. The molecule has 0 fully saturated rings. The van der Waals surface area contributed by atoms with Crippen molar-refractivity contribution in [2.45, 2.75) is 26.1 Å². The van der Waals surface area contributed by atoms with Gasteiger partial charge in [0.05, 0.1) is 26.4 Å². The van der Waals surface area contributed by atoms with Gasteiger partial charge in [0, 0.05) is 0 Å². The van der Waals surface area contributed by atoms with E-state index >= 15 is 0 Å². The maximum absolute atomic E-state index is 8.94. The van der Waals surface area contributed by atoms with Crippen molar-refractivity contribution in [3.8, 4) is 5.75 Å². The van der Waals surface area contributed by atoms with Crippen molar-refractivity contribution in [1.29, 1.82) is 0 Å². The van der Waals surface area contributed by atoms with Gasteiger partial charge in [0.1, 0.15) is 5.75 Å². The van der Waals surface area contributed by atoms with Gasteiger partial charge in [-0.15, -0.1) is 0 Å². The van der Waals surface area contributed by atoms with E-state index in [4.69, 9.17) is 14.6 Å². The van der Waals surface area contributed by atoms with Crippen LogP contribution < -0.4 is 4.74 Å². The third-order valence-electron chi connectivity index (χ3n) is 2.30. The lowest BCUT2D eigenvalue weighted by molar-refractivity contribution is 0.000753. The molecular formula is C12H18O3. The third kappa shape index (κ3) is 3.90. The van der Waals surface area contributed by atoms with E-state index in [1.165, 1.54) is 0 Å². The largest absolute Gasteiger partial charge is 0.497 e. The second-order valence-corrected chi connectivity index (χ2v) is 3.37. The van der Waals surface area contributed by atoms with Gasteiger partial charge in [0.15, 0.2) is 0 Å². The van der Waals surface area contributed by atoms with E-state index in [2.05, 4.69) is 0 Å². The SMILES string of the molecule is CCC(CO)OCc1ccc(OC)cc1. The molecule has 0 spiro atoms. The highest BCUT2D eigenvalue weighted by atomic mass is 16.5. The lowest BCUT2D eigenvalue weighted by Gasteiger charge is -2.13. The molecule has 3 heteroatoms. The zero-order valence-corrected chi connectivity index (χ0v) is 9.27. The van der Waals surface area contributed by atoms with E-state index < -0.39 is 0 Å². The summed E-state index contributed by atoms with van der Waals surface area (Å²) in [5.41, 5.74) is 1.09. The molecule has 1 rings (SSSR count). The van der Waals surface area contributed by atoms with Crippen LogP contribution in [0.1, 0.15) is 18.9 Å². The predicted octanol–water partition coefficient (Wildman–Crippen LogP) is 1.98. The highest BCUT2D eigenvalue weighted by Gasteiger charge is 2.04. The van der Waals surface area contributed by atoms with E-state index in [9.17, 15) is 0 Å². The van der Waals surface area contributed by atoms with Crippen LogP contribution in [0.5, 0.6) is 5.75 Å². The Morgan fingerprint density at radius 3 is 2.40 bits per heavy atom. The first-order valence-corrected chi connectivity index (χ1v) is 5.15. The van der Waals surface area contributed by atoms with E-state index in [1.807, 2.05) is 31.2 Å². The normalized spacial score (nSPS) is 12.5. The smallest absolute Gasteiger partial charge is 0.118 e. The van der Waals surface area contributed by atoms with E-state index in [1.54, 1.807) is 7.11 Å². The van der Waals surface area contributed by atoms with E-state index in [0.29, 0.717) is 6.61 Å². The molecule has 0 heterocycles. The minimum absolute atomic E-state index is 0.0629. The standard InChI is InChI=1S/C12H18O3/c1-3-11(8-13)15-9-10-4-6-12(14-2)7-5-10/h4-7,11,13H,3,8-9H2,1-2H3. The first-order valence-electron chi connectivity index (χ1n) is 5.15. The number of rotatable bonds is 6. The van der Waals surface area contributed by atoms with Gasteiger partial charge in [-0.25, -0.2) is 0 Å². The highest BCUT2D eigenvalue weighted by Crippen LogP contribution is 2.12.